The second-order valence-electron chi connectivity index (χ2n) is 5.24. The van der Waals surface area contributed by atoms with Crippen LogP contribution in [-0.2, 0) is 13.0 Å². The zero-order valence-electron chi connectivity index (χ0n) is 12.3. The van der Waals surface area contributed by atoms with Crippen molar-refractivity contribution >= 4 is 5.69 Å². The maximum absolute atomic E-state index is 11.0. The third-order valence-corrected chi connectivity index (χ3v) is 3.66. The predicted octanol–water partition coefficient (Wildman–Crippen LogP) is 2.43. The zero-order chi connectivity index (χ0) is 15.4. The fourth-order valence-electron chi connectivity index (χ4n) is 2.26. The molecule has 0 aliphatic carbocycles. The van der Waals surface area contributed by atoms with Crippen LogP contribution in [0.1, 0.15) is 30.0 Å². The van der Waals surface area contributed by atoms with Crippen molar-refractivity contribution < 1.29 is 4.92 Å². The molecule has 0 spiro atoms. The van der Waals surface area contributed by atoms with Crippen molar-refractivity contribution in [3.63, 3.8) is 0 Å². The van der Waals surface area contributed by atoms with Gasteiger partial charge in [0.1, 0.15) is 0 Å². The molecule has 0 saturated carbocycles. The molecular formula is C15H20N4O2. The monoisotopic (exact) mass is 288 g/mol. The Balaban J connectivity index is 2.15. The molecule has 1 aromatic heterocycles. The first-order valence-electron chi connectivity index (χ1n) is 7.01. The molecule has 2 aromatic rings. The number of nitrogens with two attached hydrogens (primary N) is 1. The smallest absolute Gasteiger partial charge is 0.272 e. The van der Waals surface area contributed by atoms with Crippen LogP contribution in [0.5, 0.6) is 0 Å². The zero-order valence-corrected chi connectivity index (χ0v) is 12.3. The summed E-state index contributed by atoms with van der Waals surface area (Å²) < 4.78 is 1.80. The molecule has 0 aliphatic heterocycles. The number of hydrogen-bond donors (Lipinski definition) is 1. The van der Waals surface area contributed by atoms with Crippen LogP contribution < -0.4 is 5.73 Å². The summed E-state index contributed by atoms with van der Waals surface area (Å²) in [6.07, 6.45) is 5.48. The predicted molar refractivity (Wildman–Crippen MR) is 81.1 cm³/mol. The topological polar surface area (TPSA) is 87.0 Å². The minimum absolute atomic E-state index is 0.141. The van der Waals surface area contributed by atoms with Crippen LogP contribution in [0.4, 0.5) is 5.69 Å². The van der Waals surface area contributed by atoms with Crippen LogP contribution in [0, 0.1) is 17.0 Å². The molecule has 21 heavy (non-hydrogen) atoms. The van der Waals surface area contributed by atoms with E-state index in [0.29, 0.717) is 12.1 Å². The maximum Gasteiger partial charge on any atom is 0.272 e. The van der Waals surface area contributed by atoms with Gasteiger partial charge in [0.05, 0.1) is 17.7 Å². The Bertz CT molecular complexity index is 636. The molecule has 0 aliphatic rings. The van der Waals surface area contributed by atoms with Gasteiger partial charge in [-0.2, -0.15) is 5.10 Å². The van der Waals surface area contributed by atoms with Crippen molar-refractivity contribution in [1.82, 2.24) is 9.78 Å². The molecule has 2 rings (SSSR count). The average Bonchev–Trinajstić information content (AvgIpc) is 2.88. The summed E-state index contributed by atoms with van der Waals surface area (Å²) in [5.74, 6) is 0. The summed E-state index contributed by atoms with van der Waals surface area (Å²) in [6.45, 7) is 4.35. The summed E-state index contributed by atoms with van der Waals surface area (Å²) in [6, 6.07) is 5.26. The molecule has 1 heterocycles. The van der Waals surface area contributed by atoms with E-state index in [-0.39, 0.29) is 16.7 Å². The van der Waals surface area contributed by atoms with Crippen LogP contribution in [0.2, 0.25) is 0 Å². The molecule has 1 unspecified atom stereocenters. The number of nitro benzene ring substituents is 1. The van der Waals surface area contributed by atoms with Crippen molar-refractivity contribution in [3.05, 3.63) is 57.4 Å². The van der Waals surface area contributed by atoms with Gasteiger partial charge in [-0.15, -0.1) is 0 Å². The second-order valence-corrected chi connectivity index (χ2v) is 5.24. The van der Waals surface area contributed by atoms with Crippen molar-refractivity contribution in [2.45, 2.75) is 39.3 Å². The minimum Gasteiger partial charge on any atom is -0.327 e. The van der Waals surface area contributed by atoms with E-state index in [9.17, 15) is 10.1 Å². The number of hydrogen-bond acceptors (Lipinski definition) is 4. The molecule has 0 amide bonds. The normalized spacial score (nSPS) is 12.3. The minimum atomic E-state index is -0.354. The van der Waals surface area contributed by atoms with Gasteiger partial charge in [-0.25, -0.2) is 0 Å². The van der Waals surface area contributed by atoms with E-state index in [4.69, 9.17) is 5.73 Å². The van der Waals surface area contributed by atoms with Gasteiger partial charge in [0.2, 0.25) is 0 Å². The first kappa shape index (κ1) is 15.2. The molecule has 0 radical (unpaired) electrons. The van der Waals surface area contributed by atoms with Crippen molar-refractivity contribution in [1.29, 1.82) is 0 Å². The lowest BCUT2D eigenvalue weighted by Crippen LogP contribution is -2.21. The molecular weight excluding hydrogens is 268 g/mol. The number of benzene rings is 1. The van der Waals surface area contributed by atoms with Gasteiger partial charge in [-0.1, -0.05) is 19.1 Å². The van der Waals surface area contributed by atoms with E-state index in [1.54, 1.807) is 17.7 Å². The molecule has 1 aromatic carbocycles. The van der Waals surface area contributed by atoms with Crippen molar-refractivity contribution in [3.8, 4) is 0 Å². The fraction of sp³-hybridized carbons (Fsp3) is 0.400. The van der Waals surface area contributed by atoms with Crippen molar-refractivity contribution in [2.75, 3.05) is 0 Å². The molecule has 112 valence electrons. The van der Waals surface area contributed by atoms with Crippen LogP contribution in [-0.4, -0.2) is 20.7 Å². The Hall–Kier alpha value is -2.21. The van der Waals surface area contributed by atoms with E-state index in [1.807, 2.05) is 18.5 Å². The van der Waals surface area contributed by atoms with Gasteiger partial charge in [0.15, 0.2) is 0 Å². The van der Waals surface area contributed by atoms with E-state index in [0.717, 1.165) is 24.0 Å². The summed E-state index contributed by atoms with van der Waals surface area (Å²) in [5, 5.41) is 15.3. The lowest BCUT2D eigenvalue weighted by atomic mass is 10.1. The average molecular weight is 288 g/mol. The van der Waals surface area contributed by atoms with E-state index >= 15 is 0 Å². The van der Waals surface area contributed by atoms with Crippen LogP contribution >= 0.6 is 0 Å². The van der Waals surface area contributed by atoms with E-state index in [1.165, 1.54) is 6.07 Å². The molecule has 0 fully saturated rings. The molecule has 6 nitrogen and oxygen atoms in total. The van der Waals surface area contributed by atoms with Gasteiger partial charge in [0.25, 0.3) is 5.69 Å². The molecule has 2 N–H and O–H groups in total. The Labute approximate surface area is 123 Å². The highest BCUT2D eigenvalue weighted by molar-refractivity contribution is 5.44. The van der Waals surface area contributed by atoms with Gasteiger partial charge in [-0.3, -0.25) is 14.8 Å². The Morgan fingerprint density at radius 1 is 1.48 bits per heavy atom. The molecule has 0 bridgehead atoms. The summed E-state index contributed by atoms with van der Waals surface area (Å²) in [5.41, 5.74) is 8.76. The van der Waals surface area contributed by atoms with Gasteiger partial charge >= 0.3 is 0 Å². The second kappa shape index (κ2) is 6.49. The summed E-state index contributed by atoms with van der Waals surface area (Å²) in [4.78, 5) is 10.6. The Morgan fingerprint density at radius 2 is 2.24 bits per heavy atom. The van der Waals surface area contributed by atoms with Gasteiger partial charge < -0.3 is 5.73 Å². The standard InChI is InChI=1S/C15H20N4O2/c1-3-14(16)7-12-8-17-18(9-12)10-13-5-4-6-15(11(13)2)19(20)21/h4-6,8-9,14H,3,7,10,16H2,1-2H3. The van der Waals surface area contributed by atoms with Gasteiger partial charge in [-0.05, 0) is 30.9 Å². The fourth-order valence-corrected chi connectivity index (χ4v) is 2.26. The first-order chi connectivity index (χ1) is 10.0. The van der Waals surface area contributed by atoms with E-state index < -0.39 is 0 Å². The van der Waals surface area contributed by atoms with Gasteiger partial charge in [0, 0.05) is 23.9 Å². The van der Waals surface area contributed by atoms with Crippen LogP contribution in [0.3, 0.4) is 0 Å². The molecule has 6 heteroatoms. The number of nitro groups is 1. The quantitative estimate of drug-likeness (QED) is 0.653. The first-order valence-corrected chi connectivity index (χ1v) is 7.01. The maximum atomic E-state index is 11.0. The summed E-state index contributed by atoms with van der Waals surface area (Å²) >= 11 is 0. The Morgan fingerprint density at radius 3 is 2.90 bits per heavy atom. The van der Waals surface area contributed by atoms with Crippen LogP contribution in [0.25, 0.3) is 0 Å². The SMILES string of the molecule is CCC(N)Cc1cnn(Cc2cccc([N+](=O)[O-])c2C)c1. The highest BCUT2D eigenvalue weighted by Gasteiger charge is 2.13. The highest BCUT2D eigenvalue weighted by Crippen LogP contribution is 2.21. The largest absolute Gasteiger partial charge is 0.327 e. The van der Waals surface area contributed by atoms with Crippen molar-refractivity contribution in [2.24, 2.45) is 5.73 Å². The highest BCUT2D eigenvalue weighted by atomic mass is 16.6. The molecule has 1 atom stereocenters. The number of aromatic nitrogens is 2. The lowest BCUT2D eigenvalue weighted by Gasteiger charge is -2.07. The Kier molecular flexibility index (Phi) is 4.70. The third-order valence-electron chi connectivity index (χ3n) is 3.66. The number of rotatable bonds is 6. The number of nitrogens with zero attached hydrogens (tertiary/aromatic N) is 3. The van der Waals surface area contributed by atoms with Crippen LogP contribution in [0.15, 0.2) is 30.6 Å². The van der Waals surface area contributed by atoms with E-state index in [2.05, 4.69) is 12.0 Å². The third kappa shape index (κ3) is 3.66. The summed E-state index contributed by atoms with van der Waals surface area (Å²) in [7, 11) is 0. The molecule has 0 saturated heterocycles. The lowest BCUT2D eigenvalue weighted by molar-refractivity contribution is -0.385.